The fourth-order valence-corrected chi connectivity index (χ4v) is 1.77. The standard InChI is InChI=1S/C15H13FO2.ClH/c16-12-7-9-15(18)13(10-12)14(17)8-6-11-4-2-1-3-5-11;/h1-5,7,9-10,18H,6,8H2;1H. The molecule has 0 saturated heterocycles. The van der Waals surface area contributed by atoms with Gasteiger partial charge in [-0.2, -0.15) is 0 Å². The number of hydrogen-bond acceptors (Lipinski definition) is 2. The number of halogens is 2. The van der Waals surface area contributed by atoms with Crippen LogP contribution in [0.3, 0.4) is 0 Å². The predicted octanol–water partition coefficient (Wildman–Crippen LogP) is 3.77. The zero-order chi connectivity index (χ0) is 13.0. The summed E-state index contributed by atoms with van der Waals surface area (Å²) in [7, 11) is 0. The van der Waals surface area contributed by atoms with Crippen molar-refractivity contribution >= 4 is 18.2 Å². The Bertz CT molecular complexity index is 555. The number of aryl methyl sites for hydroxylation is 1. The van der Waals surface area contributed by atoms with Crippen LogP contribution in [0.1, 0.15) is 22.3 Å². The quantitative estimate of drug-likeness (QED) is 0.866. The second kappa shape index (κ2) is 6.90. The van der Waals surface area contributed by atoms with E-state index >= 15 is 0 Å². The minimum atomic E-state index is -0.518. The van der Waals surface area contributed by atoms with Crippen LogP contribution in [0.5, 0.6) is 5.75 Å². The first-order chi connectivity index (χ1) is 8.66. The molecule has 2 nitrogen and oxygen atoms in total. The second-order valence-electron chi connectivity index (χ2n) is 4.07. The van der Waals surface area contributed by atoms with E-state index in [1.54, 1.807) is 0 Å². The number of phenolic OH excluding ortho intramolecular Hbond substituents is 1. The first-order valence-electron chi connectivity index (χ1n) is 5.72. The molecule has 2 rings (SSSR count). The molecule has 0 saturated carbocycles. The minimum Gasteiger partial charge on any atom is -0.507 e. The molecule has 0 aliphatic heterocycles. The molecule has 0 aromatic heterocycles. The lowest BCUT2D eigenvalue weighted by Crippen LogP contribution is -2.02. The average Bonchev–Trinajstić information content (AvgIpc) is 2.40. The number of hydrogen-bond donors (Lipinski definition) is 1. The molecule has 0 aliphatic carbocycles. The Morgan fingerprint density at radius 3 is 2.47 bits per heavy atom. The van der Waals surface area contributed by atoms with E-state index in [0.29, 0.717) is 6.42 Å². The van der Waals surface area contributed by atoms with Crippen LogP contribution in [0.2, 0.25) is 0 Å². The molecule has 1 N–H and O–H groups in total. The first-order valence-corrected chi connectivity index (χ1v) is 5.72. The average molecular weight is 281 g/mol. The van der Waals surface area contributed by atoms with E-state index in [1.807, 2.05) is 30.3 Å². The summed E-state index contributed by atoms with van der Waals surface area (Å²) in [4.78, 5) is 11.9. The summed E-state index contributed by atoms with van der Waals surface area (Å²) in [5.74, 6) is -0.943. The Morgan fingerprint density at radius 2 is 1.79 bits per heavy atom. The fraction of sp³-hybridized carbons (Fsp3) is 0.133. The van der Waals surface area contributed by atoms with Crippen molar-refractivity contribution in [2.75, 3.05) is 0 Å². The summed E-state index contributed by atoms with van der Waals surface area (Å²) in [5, 5.41) is 9.52. The van der Waals surface area contributed by atoms with Crippen molar-refractivity contribution in [1.29, 1.82) is 0 Å². The van der Waals surface area contributed by atoms with Crippen LogP contribution < -0.4 is 0 Å². The summed E-state index contributed by atoms with van der Waals surface area (Å²) >= 11 is 0. The van der Waals surface area contributed by atoms with Gasteiger partial charge in [0.1, 0.15) is 11.6 Å². The van der Waals surface area contributed by atoms with Crippen molar-refractivity contribution in [3.05, 3.63) is 65.5 Å². The van der Waals surface area contributed by atoms with Gasteiger partial charge in [0.05, 0.1) is 5.56 Å². The predicted molar refractivity (Wildman–Crippen MR) is 74.4 cm³/mol. The molecule has 0 aliphatic rings. The molecule has 0 bridgehead atoms. The van der Waals surface area contributed by atoms with Crippen LogP contribution in [-0.2, 0) is 6.42 Å². The molecule has 0 heterocycles. The lowest BCUT2D eigenvalue weighted by Gasteiger charge is -2.04. The van der Waals surface area contributed by atoms with E-state index in [-0.39, 0.29) is 35.9 Å². The Hall–Kier alpha value is -1.87. The lowest BCUT2D eigenvalue weighted by atomic mass is 10.0. The molecular formula is C15H14ClFO2. The SMILES string of the molecule is Cl.O=C(CCc1ccccc1)c1cc(F)ccc1O. The van der Waals surface area contributed by atoms with Crippen LogP contribution in [0.25, 0.3) is 0 Å². The summed E-state index contributed by atoms with van der Waals surface area (Å²) < 4.78 is 13.0. The molecule has 2 aromatic rings. The molecule has 0 unspecified atom stereocenters. The molecule has 19 heavy (non-hydrogen) atoms. The Kier molecular flexibility index (Phi) is 5.52. The van der Waals surface area contributed by atoms with E-state index in [0.717, 1.165) is 17.7 Å². The van der Waals surface area contributed by atoms with Crippen LogP contribution in [0.4, 0.5) is 4.39 Å². The molecule has 0 atom stereocenters. The number of Topliss-reactive ketones (excluding diaryl/α,β-unsaturated/α-hetero) is 1. The molecule has 4 heteroatoms. The molecule has 0 spiro atoms. The number of ketones is 1. The van der Waals surface area contributed by atoms with Crippen molar-refractivity contribution in [2.24, 2.45) is 0 Å². The van der Waals surface area contributed by atoms with Gasteiger partial charge in [0.15, 0.2) is 5.78 Å². The third kappa shape index (κ3) is 4.07. The van der Waals surface area contributed by atoms with Gasteiger partial charge in [0.25, 0.3) is 0 Å². The normalized spacial score (nSPS) is 9.74. The number of carbonyl (C=O) groups is 1. The monoisotopic (exact) mass is 280 g/mol. The van der Waals surface area contributed by atoms with E-state index in [4.69, 9.17) is 0 Å². The third-order valence-electron chi connectivity index (χ3n) is 2.74. The zero-order valence-corrected chi connectivity index (χ0v) is 11.0. The molecule has 100 valence electrons. The maximum absolute atomic E-state index is 13.0. The highest BCUT2D eigenvalue weighted by molar-refractivity contribution is 5.98. The largest absolute Gasteiger partial charge is 0.507 e. The molecular weight excluding hydrogens is 267 g/mol. The van der Waals surface area contributed by atoms with Gasteiger partial charge >= 0.3 is 0 Å². The van der Waals surface area contributed by atoms with Crippen LogP contribution >= 0.6 is 12.4 Å². The number of phenols is 1. The van der Waals surface area contributed by atoms with Crippen LogP contribution in [-0.4, -0.2) is 10.9 Å². The van der Waals surface area contributed by atoms with Gasteiger partial charge in [-0.3, -0.25) is 4.79 Å². The van der Waals surface area contributed by atoms with Gasteiger partial charge in [0.2, 0.25) is 0 Å². The van der Waals surface area contributed by atoms with Gasteiger partial charge < -0.3 is 5.11 Å². The topological polar surface area (TPSA) is 37.3 Å². The number of aromatic hydroxyl groups is 1. The maximum Gasteiger partial charge on any atom is 0.167 e. The highest BCUT2D eigenvalue weighted by Gasteiger charge is 2.12. The Labute approximate surface area is 117 Å². The van der Waals surface area contributed by atoms with E-state index in [2.05, 4.69) is 0 Å². The van der Waals surface area contributed by atoms with Crippen molar-refractivity contribution in [1.82, 2.24) is 0 Å². The minimum absolute atomic E-state index is 0. The third-order valence-corrected chi connectivity index (χ3v) is 2.74. The van der Waals surface area contributed by atoms with Gasteiger partial charge in [-0.1, -0.05) is 30.3 Å². The summed E-state index contributed by atoms with van der Waals surface area (Å²) in [6, 6.07) is 13.0. The van der Waals surface area contributed by atoms with Crippen molar-refractivity contribution < 1.29 is 14.3 Å². The van der Waals surface area contributed by atoms with Crippen molar-refractivity contribution in [3.63, 3.8) is 0 Å². The van der Waals surface area contributed by atoms with Gasteiger partial charge in [-0.05, 0) is 30.2 Å². The second-order valence-corrected chi connectivity index (χ2v) is 4.07. The summed E-state index contributed by atoms with van der Waals surface area (Å²) in [6.07, 6.45) is 0.830. The summed E-state index contributed by atoms with van der Waals surface area (Å²) in [5.41, 5.74) is 1.09. The maximum atomic E-state index is 13.0. The Morgan fingerprint density at radius 1 is 1.11 bits per heavy atom. The van der Waals surface area contributed by atoms with Gasteiger partial charge in [-0.15, -0.1) is 12.4 Å². The van der Waals surface area contributed by atoms with E-state index in [1.165, 1.54) is 6.07 Å². The highest BCUT2D eigenvalue weighted by atomic mass is 35.5. The number of carbonyl (C=O) groups excluding carboxylic acids is 1. The van der Waals surface area contributed by atoms with Crippen LogP contribution in [0, 0.1) is 5.82 Å². The molecule has 0 radical (unpaired) electrons. The smallest absolute Gasteiger partial charge is 0.167 e. The number of benzene rings is 2. The molecule has 0 fully saturated rings. The fourth-order valence-electron chi connectivity index (χ4n) is 1.77. The van der Waals surface area contributed by atoms with Gasteiger partial charge in [-0.25, -0.2) is 4.39 Å². The van der Waals surface area contributed by atoms with Crippen molar-refractivity contribution in [2.45, 2.75) is 12.8 Å². The van der Waals surface area contributed by atoms with E-state index in [9.17, 15) is 14.3 Å². The number of rotatable bonds is 4. The lowest BCUT2D eigenvalue weighted by molar-refractivity contribution is 0.0980. The highest BCUT2D eigenvalue weighted by Crippen LogP contribution is 2.20. The molecule has 2 aromatic carbocycles. The Balaban J connectivity index is 0.00000180. The summed E-state index contributed by atoms with van der Waals surface area (Å²) in [6.45, 7) is 0. The van der Waals surface area contributed by atoms with Crippen molar-refractivity contribution in [3.8, 4) is 5.75 Å². The molecule has 0 amide bonds. The van der Waals surface area contributed by atoms with E-state index < -0.39 is 5.82 Å². The first kappa shape index (κ1) is 15.2. The van der Waals surface area contributed by atoms with Gasteiger partial charge in [0, 0.05) is 6.42 Å². The van der Waals surface area contributed by atoms with Crippen LogP contribution in [0.15, 0.2) is 48.5 Å². The zero-order valence-electron chi connectivity index (χ0n) is 10.2.